The van der Waals surface area contributed by atoms with Gasteiger partial charge in [-0.2, -0.15) is 0 Å². The van der Waals surface area contributed by atoms with Crippen molar-refractivity contribution in [1.82, 2.24) is 15.0 Å². The molecule has 0 bridgehead atoms. The van der Waals surface area contributed by atoms with E-state index >= 15 is 0 Å². The van der Waals surface area contributed by atoms with E-state index in [4.69, 9.17) is 5.73 Å². The van der Waals surface area contributed by atoms with Gasteiger partial charge in [-0.15, -0.1) is 0 Å². The van der Waals surface area contributed by atoms with Crippen LogP contribution in [-0.4, -0.2) is 15.0 Å². The van der Waals surface area contributed by atoms with Crippen molar-refractivity contribution in [3.8, 4) is 11.4 Å². The Hall–Kier alpha value is -2.95. The molecule has 3 rings (SSSR count). The van der Waals surface area contributed by atoms with Gasteiger partial charge < -0.3 is 11.1 Å². The van der Waals surface area contributed by atoms with Crippen molar-refractivity contribution < 1.29 is 0 Å². The Morgan fingerprint density at radius 2 is 2.00 bits per heavy atom. The van der Waals surface area contributed by atoms with Crippen LogP contribution in [0.1, 0.15) is 11.3 Å². The van der Waals surface area contributed by atoms with Crippen LogP contribution in [0.15, 0.2) is 54.9 Å². The number of nitrogens with one attached hydrogen (secondary N) is 1. The van der Waals surface area contributed by atoms with Crippen molar-refractivity contribution in [1.29, 1.82) is 0 Å². The highest BCUT2D eigenvalue weighted by Crippen LogP contribution is 2.20. The number of nitrogens with zero attached hydrogens (tertiary/aromatic N) is 3. The zero-order valence-electron chi connectivity index (χ0n) is 12.3. The molecule has 0 aliphatic carbocycles. The van der Waals surface area contributed by atoms with Crippen molar-refractivity contribution in [2.24, 2.45) is 0 Å². The number of rotatable bonds is 4. The van der Waals surface area contributed by atoms with E-state index in [1.165, 1.54) is 0 Å². The van der Waals surface area contributed by atoms with Gasteiger partial charge in [0.15, 0.2) is 5.82 Å². The molecule has 0 amide bonds. The fraction of sp³-hybridized carbons (Fsp3) is 0.118. The maximum absolute atomic E-state index is 5.83. The lowest BCUT2D eigenvalue weighted by molar-refractivity contribution is 1.05. The normalized spacial score (nSPS) is 10.4. The predicted octanol–water partition coefficient (Wildman–Crippen LogP) is 3.04. The summed E-state index contributed by atoms with van der Waals surface area (Å²) in [6, 6.07) is 13.4. The van der Waals surface area contributed by atoms with Crippen molar-refractivity contribution in [2.75, 3.05) is 11.1 Å². The molecule has 0 aliphatic heterocycles. The Morgan fingerprint density at radius 1 is 1.09 bits per heavy atom. The summed E-state index contributed by atoms with van der Waals surface area (Å²) in [5.41, 5.74) is 9.45. The Labute approximate surface area is 129 Å². The standard InChI is InChI=1S/C17H17N5/c1-12-8-16(20-11-13-4-3-7-19-10-13)22-17(21-12)14-5-2-6-15(18)9-14/h2-10H,11,18H2,1H3,(H,20,21,22). The number of aromatic nitrogens is 3. The number of nitrogen functional groups attached to an aromatic ring is 1. The van der Waals surface area contributed by atoms with Crippen molar-refractivity contribution in [2.45, 2.75) is 13.5 Å². The zero-order valence-corrected chi connectivity index (χ0v) is 12.3. The van der Waals surface area contributed by atoms with Gasteiger partial charge in [-0.25, -0.2) is 9.97 Å². The van der Waals surface area contributed by atoms with E-state index in [1.807, 2.05) is 55.6 Å². The quantitative estimate of drug-likeness (QED) is 0.722. The van der Waals surface area contributed by atoms with Gasteiger partial charge in [0.25, 0.3) is 0 Å². The molecule has 0 aliphatic rings. The van der Waals surface area contributed by atoms with Crippen LogP contribution in [0.2, 0.25) is 0 Å². The topological polar surface area (TPSA) is 76.7 Å². The fourth-order valence-corrected chi connectivity index (χ4v) is 2.16. The largest absolute Gasteiger partial charge is 0.399 e. The monoisotopic (exact) mass is 291 g/mol. The molecular weight excluding hydrogens is 274 g/mol. The third-order valence-corrected chi connectivity index (χ3v) is 3.20. The van der Waals surface area contributed by atoms with Crippen LogP contribution in [0.3, 0.4) is 0 Å². The molecule has 0 saturated carbocycles. The lowest BCUT2D eigenvalue weighted by Crippen LogP contribution is -2.04. The molecule has 1 aromatic carbocycles. The summed E-state index contributed by atoms with van der Waals surface area (Å²) in [6.45, 7) is 2.62. The van der Waals surface area contributed by atoms with Gasteiger partial charge in [0.2, 0.25) is 0 Å². The third kappa shape index (κ3) is 3.38. The number of hydrogen-bond donors (Lipinski definition) is 2. The molecule has 2 aromatic heterocycles. The molecule has 0 radical (unpaired) electrons. The van der Waals surface area contributed by atoms with Crippen LogP contribution in [0.5, 0.6) is 0 Å². The summed E-state index contributed by atoms with van der Waals surface area (Å²) in [4.78, 5) is 13.1. The molecule has 5 heteroatoms. The maximum Gasteiger partial charge on any atom is 0.161 e. The molecule has 0 unspecified atom stereocenters. The van der Waals surface area contributed by atoms with E-state index in [0.29, 0.717) is 18.1 Å². The maximum atomic E-state index is 5.83. The second kappa shape index (κ2) is 6.22. The average molecular weight is 291 g/mol. The van der Waals surface area contributed by atoms with E-state index in [-0.39, 0.29) is 0 Å². The second-order valence-electron chi connectivity index (χ2n) is 5.06. The first-order valence-electron chi connectivity index (χ1n) is 7.05. The molecule has 2 heterocycles. The van der Waals surface area contributed by atoms with Gasteiger partial charge in [0, 0.05) is 41.9 Å². The second-order valence-corrected chi connectivity index (χ2v) is 5.06. The molecule has 110 valence electrons. The number of benzene rings is 1. The van der Waals surface area contributed by atoms with Crippen LogP contribution >= 0.6 is 0 Å². The third-order valence-electron chi connectivity index (χ3n) is 3.20. The van der Waals surface area contributed by atoms with Gasteiger partial charge in [-0.3, -0.25) is 4.98 Å². The number of anilines is 2. The van der Waals surface area contributed by atoms with Gasteiger partial charge in [0.1, 0.15) is 5.82 Å². The summed E-state index contributed by atoms with van der Waals surface area (Å²) < 4.78 is 0. The molecule has 5 nitrogen and oxygen atoms in total. The summed E-state index contributed by atoms with van der Waals surface area (Å²) in [6.07, 6.45) is 3.59. The van der Waals surface area contributed by atoms with E-state index in [9.17, 15) is 0 Å². The van der Waals surface area contributed by atoms with Crippen molar-refractivity contribution in [3.63, 3.8) is 0 Å². The minimum atomic E-state index is 0.667. The summed E-state index contributed by atoms with van der Waals surface area (Å²) in [5.74, 6) is 1.45. The molecule has 0 atom stereocenters. The zero-order chi connectivity index (χ0) is 15.4. The van der Waals surface area contributed by atoms with Crippen LogP contribution < -0.4 is 11.1 Å². The molecule has 0 fully saturated rings. The minimum absolute atomic E-state index is 0.667. The van der Waals surface area contributed by atoms with Gasteiger partial charge in [-0.05, 0) is 30.7 Å². The van der Waals surface area contributed by atoms with E-state index in [1.54, 1.807) is 6.20 Å². The number of hydrogen-bond acceptors (Lipinski definition) is 5. The van der Waals surface area contributed by atoms with Crippen molar-refractivity contribution >= 4 is 11.5 Å². The highest BCUT2D eigenvalue weighted by atomic mass is 15.0. The molecule has 0 spiro atoms. The summed E-state index contributed by atoms with van der Waals surface area (Å²) in [5, 5.41) is 3.30. The number of aryl methyl sites for hydroxylation is 1. The first-order valence-corrected chi connectivity index (χ1v) is 7.05. The van der Waals surface area contributed by atoms with Gasteiger partial charge >= 0.3 is 0 Å². The lowest BCUT2D eigenvalue weighted by atomic mass is 10.2. The first kappa shape index (κ1) is 14.0. The molecule has 0 saturated heterocycles. The smallest absolute Gasteiger partial charge is 0.161 e. The molecular formula is C17H17N5. The Balaban J connectivity index is 1.84. The molecule has 3 aromatic rings. The molecule has 3 N–H and O–H groups in total. The fourth-order valence-electron chi connectivity index (χ4n) is 2.16. The van der Waals surface area contributed by atoms with E-state index < -0.39 is 0 Å². The van der Waals surface area contributed by atoms with Gasteiger partial charge in [-0.1, -0.05) is 18.2 Å². The first-order chi connectivity index (χ1) is 10.7. The summed E-state index contributed by atoms with van der Waals surface area (Å²) >= 11 is 0. The van der Waals surface area contributed by atoms with Gasteiger partial charge in [0.05, 0.1) is 0 Å². The van der Waals surface area contributed by atoms with Crippen LogP contribution in [0.25, 0.3) is 11.4 Å². The Bertz CT molecular complexity index is 771. The molecule has 22 heavy (non-hydrogen) atoms. The SMILES string of the molecule is Cc1cc(NCc2cccnc2)nc(-c2cccc(N)c2)n1. The average Bonchev–Trinajstić information content (AvgIpc) is 2.53. The highest BCUT2D eigenvalue weighted by molar-refractivity contribution is 5.62. The highest BCUT2D eigenvalue weighted by Gasteiger charge is 2.05. The van der Waals surface area contributed by atoms with Crippen LogP contribution in [0.4, 0.5) is 11.5 Å². The van der Waals surface area contributed by atoms with E-state index in [0.717, 1.165) is 22.6 Å². The van der Waals surface area contributed by atoms with E-state index in [2.05, 4.69) is 20.3 Å². The number of nitrogens with two attached hydrogens (primary N) is 1. The summed E-state index contributed by atoms with van der Waals surface area (Å²) in [7, 11) is 0. The number of pyridine rings is 1. The van der Waals surface area contributed by atoms with Crippen LogP contribution in [0, 0.1) is 6.92 Å². The Morgan fingerprint density at radius 3 is 2.77 bits per heavy atom. The van der Waals surface area contributed by atoms with Crippen LogP contribution in [-0.2, 0) is 6.54 Å². The Kier molecular flexibility index (Phi) is 3.96. The lowest BCUT2D eigenvalue weighted by Gasteiger charge is -2.09. The minimum Gasteiger partial charge on any atom is -0.399 e. The predicted molar refractivity (Wildman–Crippen MR) is 88.2 cm³/mol. The van der Waals surface area contributed by atoms with Crippen molar-refractivity contribution in [3.05, 3.63) is 66.1 Å².